The second kappa shape index (κ2) is 3.17. The van der Waals surface area contributed by atoms with Crippen LogP contribution in [0.15, 0.2) is 18.2 Å². The lowest BCUT2D eigenvalue weighted by Crippen LogP contribution is -2.09. The molecular formula is C11H10ClNOS. The largest absolute Gasteiger partial charge is 0.390 e. The Morgan fingerprint density at radius 3 is 3.00 bits per heavy atom. The number of thiophene rings is 1. The quantitative estimate of drug-likeness (QED) is 0.818. The number of aromatic nitrogens is 1. The van der Waals surface area contributed by atoms with Gasteiger partial charge in [-0.2, -0.15) is 0 Å². The van der Waals surface area contributed by atoms with Gasteiger partial charge in [0.15, 0.2) is 0 Å². The summed E-state index contributed by atoms with van der Waals surface area (Å²) in [5.41, 5.74) is 0.511. The fourth-order valence-corrected chi connectivity index (χ4v) is 2.98. The van der Waals surface area contributed by atoms with E-state index in [9.17, 15) is 5.11 Å². The highest BCUT2D eigenvalue weighted by atomic mass is 35.5. The molecule has 0 radical (unpaired) electrons. The van der Waals surface area contributed by atoms with Gasteiger partial charge < -0.3 is 5.11 Å². The molecule has 0 aliphatic heterocycles. The first-order valence-electron chi connectivity index (χ1n) is 4.92. The van der Waals surface area contributed by atoms with Crippen LogP contribution in [-0.2, 0) is 6.42 Å². The van der Waals surface area contributed by atoms with Crippen molar-refractivity contribution in [1.29, 1.82) is 0 Å². The summed E-state index contributed by atoms with van der Waals surface area (Å²) in [6.07, 6.45) is 2.61. The van der Waals surface area contributed by atoms with Gasteiger partial charge >= 0.3 is 0 Å². The lowest BCUT2D eigenvalue weighted by molar-refractivity contribution is 0.152. The van der Waals surface area contributed by atoms with Crippen molar-refractivity contribution < 1.29 is 5.11 Å². The van der Waals surface area contributed by atoms with Crippen molar-refractivity contribution in [1.82, 2.24) is 4.98 Å². The summed E-state index contributed by atoms with van der Waals surface area (Å²) in [4.78, 5) is 5.44. The molecule has 4 heteroatoms. The molecule has 1 N–H and O–H groups in total. The summed E-state index contributed by atoms with van der Waals surface area (Å²) >= 11 is 7.51. The number of hydrogen-bond donors (Lipinski definition) is 1. The number of rotatable bonds is 2. The number of fused-ring (bicyclic) bond motifs is 1. The van der Waals surface area contributed by atoms with Gasteiger partial charge in [0, 0.05) is 11.3 Å². The molecule has 15 heavy (non-hydrogen) atoms. The van der Waals surface area contributed by atoms with Gasteiger partial charge in [-0.3, -0.25) is 0 Å². The molecule has 0 amide bonds. The summed E-state index contributed by atoms with van der Waals surface area (Å²) in [5, 5.41) is 10.3. The lowest BCUT2D eigenvalue weighted by Gasteiger charge is -2.02. The minimum atomic E-state index is -0.426. The van der Waals surface area contributed by atoms with Gasteiger partial charge in [-0.05, 0) is 31.0 Å². The summed E-state index contributed by atoms with van der Waals surface area (Å²) < 4.78 is 1.14. The van der Waals surface area contributed by atoms with Gasteiger partial charge in [-0.25, -0.2) is 4.98 Å². The summed E-state index contributed by atoms with van der Waals surface area (Å²) in [6.45, 7) is 0. The molecule has 78 valence electrons. The van der Waals surface area contributed by atoms with Crippen LogP contribution in [0.2, 0.25) is 5.15 Å². The van der Waals surface area contributed by atoms with Crippen LogP contribution in [-0.4, -0.2) is 15.7 Å². The number of halogens is 1. The second-order valence-corrected chi connectivity index (χ2v) is 5.69. The zero-order chi connectivity index (χ0) is 10.5. The summed E-state index contributed by atoms with van der Waals surface area (Å²) in [6, 6.07) is 5.81. The van der Waals surface area contributed by atoms with Crippen LogP contribution in [0.1, 0.15) is 17.7 Å². The fourth-order valence-electron chi connectivity index (χ4n) is 1.68. The molecule has 3 rings (SSSR count). The second-order valence-electron chi connectivity index (χ2n) is 4.13. The summed E-state index contributed by atoms with van der Waals surface area (Å²) in [7, 11) is 0. The van der Waals surface area contributed by atoms with E-state index in [0.717, 1.165) is 29.5 Å². The maximum absolute atomic E-state index is 9.82. The molecule has 1 aliphatic carbocycles. The Kier molecular flexibility index (Phi) is 2.03. The van der Waals surface area contributed by atoms with E-state index in [-0.39, 0.29) is 0 Å². The zero-order valence-electron chi connectivity index (χ0n) is 8.03. The number of pyridine rings is 1. The van der Waals surface area contributed by atoms with E-state index < -0.39 is 5.60 Å². The topological polar surface area (TPSA) is 33.1 Å². The Labute approximate surface area is 96.5 Å². The Balaban J connectivity index is 1.99. The summed E-state index contributed by atoms with van der Waals surface area (Å²) in [5.74, 6) is 0. The highest BCUT2D eigenvalue weighted by Crippen LogP contribution is 2.40. The van der Waals surface area contributed by atoms with Crippen LogP contribution >= 0.6 is 22.9 Å². The predicted octanol–water partition coefficient (Wildman–Crippen LogP) is 3.02. The fraction of sp³-hybridized carbons (Fsp3) is 0.364. The molecule has 1 aliphatic rings. The molecule has 2 aromatic heterocycles. The molecule has 2 nitrogen and oxygen atoms in total. The molecule has 2 aromatic rings. The molecule has 1 saturated carbocycles. The van der Waals surface area contributed by atoms with Crippen molar-refractivity contribution in [3.8, 4) is 0 Å². The van der Waals surface area contributed by atoms with Crippen LogP contribution in [0.3, 0.4) is 0 Å². The van der Waals surface area contributed by atoms with Crippen molar-refractivity contribution in [2.24, 2.45) is 0 Å². The third-order valence-corrected chi connectivity index (χ3v) is 4.02. The molecule has 0 spiro atoms. The van der Waals surface area contributed by atoms with E-state index in [1.54, 1.807) is 17.4 Å². The first-order chi connectivity index (χ1) is 7.15. The molecule has 0 aromatic carbocycles. The average molecular weight is 240 g/mol. The van der Waals surface area contributed by atoms with Crippen molar-refractivity contribution in [3.05, 3.63) is 28.2 Å². The molecular weight excluding hydrogens is 230 g/mol. The SMILES string of the molecule is OC1(Cc2cc3nc(Cl)ccc3s2)CC1. The van der Waals surface area contributed by atoms with Gasteiger partial charge in [0.1, 0.15) is 5.15 Å². The third kappa shape index (κ3) is 1.87. The van der Waals surface area contributed by atoms with Crippen LogP contribution in [0.5, 0.6) is 0 Å². The van der Waals surface area contributed by atoms with E-state index in [1.165, 1.54) is 4.88 Å². The molecule has 0 bridgehead atoms. The zero-order valence-corrected chi connectivity index (χ0v) is 9.61. The molecule has 1 fully saturated rings. The third-order valence-electron chi connectivity index (χ3n) is 2.72. The van der Waals surface area contributed by atoms with Crippen LogP contribution < -0.4 is 0 Å². The van der Waals surface area contributed by atoms with E-state index in [4.69, 9.17) is 11.6 Å². The Hall–Kier alpha value is -0.640. The normalized spacial score (nSPS) is 18.3. The lowest BCUT2D eigenvalue weighted by atomic mass is 10.2. The van der Waals surface area contributed by atoms with E-state index in [1.807, 2.05) is 12.1 Å². The minimum Gasteiger partial charge on any atom is -0.390 e. The monoisotopic (exact) mass is 239 g/mol. The Morgan fingerprint density at radius 2 is 2.27 bits per heavy atom. The van der Waals surface area contributed by atoms with Crippen molar-refractivity contribution >= 4 is 33.2 Å². The maximum atomic E-state index is 9.82. The molecule has 0 unspecified atom stereocenters. The maximum Gasteiger partial charge on any atom is 0.129 e. The molecule has 2 heterocycles. The number of aliphatic hydroxyl groups is 1. The molecule has 0 saturated heterocycles. The highest BCUT2D eigenvalue weighted by Gasteiger charge is 2.40. The smallest absolute Gasteiger partial charge is 0.129 e. The van der Waals surface area contributed by atoms with E-state index in [2.05, 4.69) is 4.98 Å². The Morgan fingerprint density at radius 1 is 1.47 bits per heavy atom. The van der Waals surface area contributed by atoms with Crippen molar-refractivity contribution in [2.45, 2.75) is 24.9 Å². The van der Waals surface area contributed by atoms with Crippen LogP contribution in [0.25, 0.3) is 10.2 Å². The number of hydrogen-bond acceptors (Lipinski definition) is 3. The van der Waals surface area contributed by atoms with Crippen molar-refractivity contribution in [3.63, 3.8) is 0 Å². The molecule has 0 atom stereocenters. The van der Waals surface area contributed by atoms with Crippen molar-refractivity contribution in [2.75, 3.05) is 0 Å². The van der Waals surface area contributed by atoms with Gasteiger partial charge in [-0.1, -0.05) is 11.6 Å². The highest BCUT2D eigenvalue weighted by molar-refractivity contribution is 7.19. The van der Waals surface area contributed by atoms with Crippen LogP contribution in [0, 0.1) is 0 Å². The first-order valence-corrected chi connectivity index (χ1v) is 6.11. The predicted molar refractivity (Wildman–Crippen MR) is 62.5 cm³/mol. The minimum absolute atomic E-state index is 0.426. The first kappa shape index (κ1) is 9.58. The van der Waals surface area contributed by atoms with Gasteiger partial charge in [0.2, 0.25) is 0 Å². The van der Waals surface area contributed by atoms with Gasteiger partial charge in [-0.15, -0.1) is 11.3 Å². The standard InChI is InChI=1S/C11H10ClNOS/c12-10-2-1-9-8(13-10)5-7(15-9)6-11(14)3-4-11/h1-2,5,14H,3-4,6H2. The van der Waals surface area contributed by atoms with E-state index >= 15 is 0 Å². The average Bonchev–Trinajstić information content (AvgIpc) is 2.76. The van der Waals surface area contributed by atoms with Gasteiger partial charge in [0.05, 0.1) is 15.8 Å². The van der Waals surface area contributed by atoms with Gasteiger partial charge in [0.25, 0.3) is 0 Å². The van der Waals surface area contributed by atoms with E-state index in [0.29, 0.717) is 5.15 Å². The Bertz CT molecular complexity index is 518. The number of nitrogens with zero attached hydrogens (tertiary/aromatic N) is 1. The van der Waals surface area contributed by atoms with Crippen LogP contribution in [0.4, 0.5) is 0 Å².